The van der Waals surface area contributed by atoms with E-state index < -0.39 is 0 Å². The summed E-state index contributed by atoms with van der Waals surface area (Å²) in [5, 5.41) is 4.06. The first-order valence-corrected chi connectivity index (χ1v) is 5.51. The van der Waals surface area contributed by atoms with Crippen LogP contribution < -0.4 is 0 Å². The summed E-state index contributed by atoms with van der Waals surface area (Å²) in [4.78, 5) is 13.1. The van der Waals surface area contributed by atoms with Crippen LogP contribution in [0.25, 0.3) is 0 Å². The zero-order chi connectivity index (χ0) is 10.4. The Hall–Kier alpha value is -0.870. The predicted octanol–water partition coefficient (Wildman–Crippen LogP) is 1.74. The van der Waals surface area contributed by atoms with Gasteiger partial charge in [-0.3, -0.25) is 4.79 Å². The molecule has 0 unspecified atom stereocenters. The van der Waals surface area contributed by atoms with Gasteiger partial charge in [-0.2, -0.15) is 11.3 Å². The molecule has 1 aromatic heterocycles. The number of ether oxygens (including phenoxy) is 1. The summed E-state index contributed by atoms with van der Waals surface area (Å²) in [6.45, 7) is 3.30. The Morgan fingerprint density at radius 3 is 3.00 bits per heavy atom. The molecule has 0 spiro atoms. The van der Waals surface area contributed by atoms with Crippen molar-refractivity contribution < 1.29 is 9.53 Å². The monoisotopic (exact) mass is 213 g/mol. The van der Waals surface area contributed by atoms with Crippen LogP contribution in [-0.2, 0) is 16.1 Å². The molecule has 0 aliphatic heterocycles. The van der Waals surface area contributed by atoms with Crippen LogP contribution in [0.5, 0.6) is 0 Å². The quantitative estimate of drug-likeness (QED) is 0.745. The number of hydrogen-bond acceptors (Lipinski definition) is 3. The number of thiophene rings is 1. The Morgan fingerprint density at radius 1 is 1.64 bits per heavy atom. The van der Waals surface area contributed by atoms with E-state index in [-0.39, 0.29) is 12.5 Å². The van der Waals surface area contributed by atoms with E-state index in [0.29, 0.717) is 13.2 Å². The molecule has 1 aromatic rings. The van der Waals surface area contributed by atoms with Crippen molar-refractivity contribution in [3.8, 4) is 0 Å². The normalized spacial score (nSPS) is 10.1. The number of hydrogen-bond donors (Lipinski definition) is 0. The highest BCUT2D eigenvalue weighted by atomic mass is 32.1. The topological polar surface area (TPSA) is 29.5 Å². The van der Waals surface area contributed by atoms with Gasteiger partial charge in [0.25, 0.3) is 0 Å². The summed E-state index contributed by atoms with van der Waals surface area (Å²) >= 11 is 1.64. The van der Waals surface area contributed by atoms with E-state index in [0.717, 1.165) is 0 Å². The van der Waals surface area contributed by atoms with Crippen molar-refractivity contribution in [3.63, 3.8) is 0 Å². The van der Waals surface area contributed by atoms with Crippen LogP contribution in [-0.4, -0.2) is 31.1 Å². The van der Waals surface area contributed by atoms with E-state index in [1.807, 2.05) is 23.8 Å². The lowest BCUT2D eigenvalue weighted by Gasteiger charge is -2.15. The van der Waals surface area contributed by atoms with Crippen LogP contribution in [0.15, 0.2) is 16.8 Å². The molecule has 0 atom stereocenters. The SMILES string of the molecule is CCOCC(=O)N(C)Cc1ccsc1. The second kappa shape index (κ2) is 5.78. The summed E-state index contributed by atoms with van der Waals surface area (Å²) in [7, 11) is 1.79. The zero-order valence-corrected chi connectivity index (χ0v) is 9.34. The summed E-state index contributed by atoms with van der Waals surface area (Å²) in [5.74, 6) is 0.0260. The zero-order valence-electron chi connectivity index (χ0n) is 8.53. The van der Waals surface area contributed by atoms with E-state index in [4.69, 9.17) is 4.74 Å². The molecule has 0 saturated heterocycles. The molecule has 0 fully saturated rings. The van der Waals surface area contributed by atoms with Gasteiger partial charge in [0.1, 0.15) is 6.61 Å². The van der Waals surface area contributed by atoms with Crippen molar-refractivity contribution in [3.05, 3.63) is 22.4 Å². The molecule has 3 nitrogen and oxygen atoms in total. The average molecular weight is 213 g/mol. The third kappa shape index (κ3) is 3.47. The van der Waals surface area contributed by atoms with Crippen molar-refractivity contribution in [2.45, 2.75) is 13.5 Å². The molecule has 0 saturated carbocycles. The van der Waals surface area contributed by atoms with Crippen LogP contribution in [0, 0.1) is 0 Å². The molecule has 0 aliphatic rings. The lowest BCUT2D eigenvalue weighted by molar-refractivity contribution is -0.135. The third-order valence-corrected chi connectivity index (χ3v) is 2.59. The van der Waals surface area contributed by atoms with Gasteiger partial charge >= 0.3 is 0 Å². The van der Waals surface area contributed by atoms with Gasteiger partial charge in [-0.1, -0.05) is 0 Å². The van der Waals surface area contributed by atoms with Crippen LogP contribution in [0.3, 0.4) is 0 Å². The Kier molecular flexibility index (Phi) is 4.62. The first-order valence-electron chi connectivity index (χ1n) is 4.56. The van der Waals surface area contributed by atoms with Crippen molar-refractivity contribution in [2.24, 2.45) is 0 Å². The smallest absolute Gasteiger partial charge is 0.248 e. The van der Waals surface area contributed by atoms with Gasteiger partial charge in [0.15, 0.2) is 0 Å². The fraction of sp³-hybridized carbons (Fsp3) is 0.500. The maximum atomic E-state index is 11.4. The number of rotatable bonds is 5. The number of amides is 1. The second-order valence-electron chi connectivity index (χ2n) is 3.02. The van der Waals surface area contributed by atoms with E-state index >= 15 is 0 Å². The van der Waals surface area contributed by atoms with Crippen LogP contribution in [0.1, 0.15) is 12.5 Å². The molecule has 0 N–H and O–H groups in total. The van der Waals surface area contributed by atoms with Crippen LogP contribution in [0.2, 0.25) is 0 Å². The van der Waals surface area contributed by atoms with Crippen LogP contribution in [0.4, 0.5) is 0 Å². The molecule has 0 aliphatic carbocycles. The number of likely N-dealkylation sites (N-methyl/N-ethyl adjacent to an activating group) is 1. The molecule has 14 heavy (non-hydrogen) atoms. The van der Waals surface area contributed by atoms with E-state index in [1.54, 1.807) is 23.3 Å². The van der Waals surface area contributed by atoms with Gasteiger partial charge in [0.2, 0.25) is 5.91 Å². The molecule has 0 aromatic carbocycles. The van der Waals surface area contributed by atoms with E-state index in [9.17, 15) is 4.79 Å². The van der Waals surface area contributed by atoms with Gasteiger partial charge in [0, 0.05) is 20.2 Å². The minimum Gasteiger partial charge on any atom is -0.372 e. The minimum absolute atomic E-state index is 0.0260. The minimum atomic E-state index is 0.0260. The number of carbonyl (C=O) groups is 1. The van der Waals surface area contributed by atoms with Crippen molar-refractivity contribution in [1.82, 2.24) is 4.90 Å². The lowest BCUT2D eigenvalue weighted by Crippen LogP contribution is -2.29. The van der Waals surface area contributed by atoms with Crippen LogP contribution >= 0.6 is 11.3 Å². The molecular weight excluding hydrogens is 198 g/mol. The molecule has 1 heterocycles. The summed E-state index contributed by atoms with van der Waals surface area (Å²) in [6.07, 6.45) is 0. The fourth-order valence-electron chi connectivity index (χ4n) is 1.04. The molecule has 0 bridgehead atoms. The van der Waals surface area contributed by atoms with Gasteiger partial charge < -0.3 is 9.64 Å². The highest BCUT2D eigenvalue weighted by Gasteiger charge is 2.08. The predicted molar refractivity (Wildman–Crippen MR) is 57.3 cm³/mol. The second-order valence-corrected chi connectivity index (χ2v) is 3.80. The van der Waals surface area contributed by atoms with Gasteiger partial charge in [-0.05, 0) is 29.3 Å². The van der Waals surface area contributed by atoms with Gasteiger partial charge in [-0.15, -0.1) is 0 Å². The summed E-state index contributed by atoms with van der Waals surface area (Å²) in [6, 6.07) is 2.02. The molecule has 1 rings (SSSR count). The largest absolute Gasteiger partial charge is 0.372 e. The van der Waals surface area contributed by atoms with E-state index in [2.05, 4.69) is 0 Å². The molecule has 78 valence electrons. The molecule has 4 heteroatoms. The first kappa shape index (κ1) is 11.2. The lowest BCUT2D eigenvalue weighted by atomic mass is 10.3. The standard InChI is InChI=1S/C10H15NO2S/c1-3-13-7-10(12)11(2)6-9-4-5-14-8-9/h4-5,8H,3,6-7H2,1-2H3. The number of nitrogens with zero attached hydrogens (tertiary/aromatic N) is 1. The van der Waals surface area contributed by atoms with E-state index in [1.165, 1.54) is 5.56 Å². The molecule has 1 amide bonds. The average Bonchev–Trinajstić information content (AvgIpc) is 2.66. The third-order valence-electron chi connectivity index (χ3n) is 1.86. The Bertz CT molecular complexity index is 272. The fourth-order valence-corrected chi connectivity index (χ4v) is 1.70. The highest BCUT2D eigenvalue weighted by Crippen LogP contribution is 2.08. The summed E-state index contributed by atoms with van der Waals surface area (Å²) in [5.41, 5.74) is 1.17. The summed E-state index contributed by atoms with van der Waals surface area (Å²) < 4.78 is 5.05. The van der Waals surface area contributed by atoms with Crippen molar-refractivity contribution in [2.75, 3.05) is 20.3 Å². The Labute approximate surface area is 88.3 Å². The van der Waals surface area contributed by atoms with Crippen molar-refractivity contribution in [1.29, 1.82) is 0 Å². The maximum Gasteiger partial charge on any atom is 0.248 e. The maximum absolute atomic E-state index is 11.4. The highest BCUT2D eigenvalue weighted by molar-refractivity contribution is 7.07. The Balaban J connectivity index is 2.34. The van der Waals surface area contributed by atoms with Gasteiger partial charge in [-0.25, -0.2) is 0 Å². The van der Waals surface area contributed by atoms with Crippen molar-refractivity contribution >= 4 is 17.2 Å². The van der Waals surface area contributed by atoms with Gasteiger partial charge in [0.05, 0.1) is 0 Å². The first-order chi connectivity index (χ1) is 6.74. The molecule has 0 radical (unpaired) electrons. The number of carbonyl (C=O) groups excluding carboxylic acids is 1. The Morgan fingerprint density at radius 2 is 2.43 bits per heavy atom. The molecular formula is C10H15NO2S.